The molecule has 2 heterocycles. The zero-order valence-electron chi connectivity index (χ0n) is 14.7. The van der Waals surface area contributed by atoms with E-state index in [1.54, 1.807) is 17.9 Å². The average molecular weight is 356 g/mol. The molecule has 0 bridgehead atoms. The van der Waals surface area contributed by atoms with Gasteiger partial charge >= 0.3 is 0 Å². The van der Waals surface area contributed by atoms with Crippen LogP contribution in [0.4, 0.5) is 4.39 Å². The number of amides is 1. The van der Waals surface area contributed by atoms with E-state index in [4.69, 9.17) is 0 Å². The molecule has 0 spiro atoms. The highest BCUT2D eigenvalue weighted by molar-refractivity contribution is 6.11. The first-order valence-electron chi connectivity index (χ1n) is 8.75. The van der Waals surface area contributed by atoms with Crippen LogP contribution >= 0.6 is 0 Å². The molecule has 136 valence electrons. The standard InChI is InChI=1S/C20H21FN2O3/c1-14-5-10-17(24)23(13-14)18(20(26)22-11-3-2-4-12-22)19(25)15-6-8-16(21)9-7-15/h5-10,13,18H,2-4,11-12H2,1H3. The summed E-state index contributed by atoms with van der Waals surface area (Å²) in [6, 6.07) is 6.76. The van der Waals surface area contributed by atoms with Crippen molar-refractivity contribution < 1.29 is 14.0 Å². The van der Waals surface area contributed by atoms with Crippen molar-refractivity contribution in [2.45, 2.75) is 32.2 Å². The summed E-state index contributed by atoms with van der Waals surface area (Å²) in [5.74, 6) is -1.35. The van der Waals surface area contributed by atoms with Gasteiger partial charge < -0.3 is 4.90 Å². The summed E-state index contributed by atoms with van der Waals surface area (Å²) in [6.45, 7) is 2.94. The fraction of sp³-hybridized carbons (Fsp3) is 0.350. The predicted octanol–water partition coefficient (Wildman–Crippen LogP) is 2.73. The number of likely N-dealkylation sites (tertiary alicyclic amines) is 1. The maximum Gasteiger partial charge on any atom is 0.253 e. The van der Waals surface area contributed by atoms with Crippen molar-refractivity contribution in [2.24, 2.45) is 0 Å². The predicted molar refractivity (Wildman–Crippen MR) is 95.6 cm³/mol. The highest BCUT2D eigenvalue weighted by Gasteiger charge is 2.34. The highest BCUT2D eigenvalue weighted by Crippen LogP contribution is 2.20. The van der Waals surface area contributed by atoms with Crippen LogP contribution in [0.3, 0.4) is 0 Å². The number of Topliss-reactive ketones (excluding diaryl/α,β-unsaturated/α-hetero) is 1. The lowest BCUT2D eigenvalue weighted by Crippen LogP contribution is -2.45. The molecule has 1 atom stereocenters. The third-order valence-corrected chi connectivity index (χ3v) is 4.64. The van der Waals surface area contributed by atoms with Crippen LogP contribution in [0.15, 0.2) is 47.4 Å². The second kappa shape index (κ2) is 7.64. The Hall–Kier alpha value is -2.76. The van der Waals surface area contributed by atoms with E-state index in [-0.39, 0.29) is 11.5 Å². The molecule has 1 aromatic carbocycles. The molecule has 1 aliphatic rings. The molecule has 1 aliphatic heterocycles. The third-order valence-electron chi connectivity index (χ3n) is 4.64. The van der Waals surface area contributed by atoms with Crippen LogP contribution in [0, 0.1) is 12.7 Å². The van der Waals surface area contributed by atoms with Crippen LogP contribution in [0.5, 0.6) is 0 Å². The number of hydrogen-bond donors (Lipinski definition) is 0. The number of ketones is 1. The van der Waals surface area contributed by atoms with E-state index in [0.717, 1.165) is 24.8 Å². The lowest BCUT2D eigenvalue weighted by molar-refractivity contribution is -0.134. The van der Waals surface area contributed by atoms with Crippen LogP contribution in [0.2, 0.25) is 0 Å². The van der Waals surface area contributed by atoms with Gasteiger partial charge in [-0.05, 0) is 56.0 Å². The smallest absolute Gasteiger partial charge is 0.253 e. The third kappa shape index (κ3) is 3.74. The van der Waals surface area contributed by atoms with Gasteiger partial charge in [0.15, 0.2) is 11.8 Å². The maximum atomic E-state index is 13.2. The van der Waals surface area contributed by atoms with Gasteiger partial charge in [0.05, 0.1) is 0 Å². The topological polar surface area (TPSA) is 59.4 Å². The van der Waals surface area contributed by atoms with Gasteiger partial charge in [-0.2, -0.15) is 0 Å². The van der Waals surface area contributed by atoms with Crippen molar-refractivity contribution in [3.63, 3.8) is 0 Å². The number of nitrogens with zero attached hydrogens (tertiary/aromatic N) is 2. The number of aryl methyl sites for hydroxylation is 1. The first kappa shape index (κ1) is 18.0. The number of hydrogen-bond acceptors (Lipinski definition) is 3. The fourth-order valence-electron chi connectivity index (χ4n) is 3.23. The van der Waals surface area contributed by atoms with Crippen LogP contribution in [0.25, 0.3) is 0 Å². The minimum atomic E-state index is -1.27. The first-order valence-corrected chi connectivity index (χ1v) is 8.75. The second-order valence-corrected chi connectivity index (χ2v) is 6.61. The number of carbonyl (C=O) groups excluding carboxylic acids is 2. The Kier molecular flexibility index (Phi) is 5.30. The van der Waals surface area contributed by atoms with Gasteiger partial charge in [0.25, 0.3) is 11.5 Å². The minimum absolute atomic E-state index is 0.204. The van der Waals surface area contributed by atoms with Crippen LogP contribution in [-0.4, -0.2) is 34.2 Å². The van der Waals surface area contributed by atoms with Gasteiger partial charge in [0.1, 0.15) is 5.82 Å². The molecule has 0 saturated carbocycles. The summed E-state index contributed by atoms with van der Waals surface area (Å²) in [7, 11) is 0. The largest absolute Gasteiger partial charge is 0.340 e. The van der Waals surface area contributed by atoms with Gasteiger partial charge in [-0.1, -0.05) is 6.07 Å². The van der Waals surface area contributed by atoms with Crippen LogP contribution < -0.4 is 5.56 Å². The molecule has 6 heteroatoms. The summed E-state index contributed by atoms with van der Waals surface area (Å²) in [5.41, 5.74) is 0.560. The molecule has 0 aliphatic carbocycles. The molecular formula is C20H21FN2O3. The van der Waals surface area contributed by atoms with Gasteiger partial charge in [0.2, 0.25) is 0 Å². The van der Waals surface area contributed by atoms with E-state index in [1.165, 1.54) is 41.1 Å². The molecule has 1 aromatic heterocycles. The Bertz CT molecular complexity index is 867. The first-order chi connectivity index (χ1) is 12.5. The van der Waals surface area contributed by atoms with Crippen LogP contribution in [-0.2, 0) is 4.79 Å². The van der Waals surface area contributed by atoms with Crippen molar-refractivity contribution in [1.82, 2.24) is 9.47 Å². The molecule has 1 fully saturated rings. The summed E-state index contributed by atoms with van der Waals surface area (Å²) >= 11 is 0. The summed E-state index contributed by atoms with van der Waals surface area (Å²) < 4.78 is 14.4. The maximum absolute atomic E-state index is 13.2. The number of pyridine rings is 1. The lowest BCUT2D eigenvalue weighted by Gasteiger charge is -2.30. The normalized spacial score (nSPS) is 15.5. The van der Waals surface area contributed by atoms with Gasteiger partial charge in [0, 0.05) is 30.9 Å². The molecule has 26 heavy (non-hydrogen) atoms. The second-order valence-electron chi connectivity index (χ2n) is 6.61. The Morgan fingerprint density at radius 1 is 1.00 bits per heavy atom. The average Bonchev–Trinajstić information content (AvgIpc) is 2.66. The number of benzene rings is 1. The van der Waals surface area contributed by atoms with E-state index in [1.807, 2.05) is 0 Å². The molecule has 1 saturated heterocycles. The van der Waals surface area contributed by atoms with Gasteiger partial charge in [-0.3, -0.25) is 19.0 Å². The van der Waals surface area contributed by atoms with Crippen molar-refractivity contribution in [1.29, 1.82) is 0 Å². The van der Waals surface area contributed by atoms with E-state index >= 15 is 0 Å². The van der Waals surface area contributed by atoms with Crippen molar-refractivity contribution in [2.75, 3.05) is 13.1 Å². The van der Waals surface area contributed by atoms with Gasteiger partial charge in [-0.15, -0.1) is 0 Å². The van der Waals surface area contributed by atoms with E-state index in [0.29, 0.717) is 13.1 Å². The van der Waals surface area contributed by atoms with E-state index in [9.17, 15) is 18.8 Å². The quantitative estimate of drug-likeness (QED) is 0.625. The minimum Gasteiger partial charge on any atom is -0.340 e. The molecule has 1 unspecified atom stereocenters. The Morgan fingerprint density at radius 2 is 1.65 bits per heavy atom. The SMILES string of the molecule is Cc1ccc(=O)n(C(C(=O)c2ccc(F)cc2)C(=O)N2CCCCC2)c1. The number of halogens is 1. The molecule has 2 aromatic rings. The zero-order chi connectivity index (χ0) is 18.7. The Balaban J connectivity index is 2.04. The van der Waals surface area contributed by atoms with Crippen molar-refractivity contribution in [3.8, 4) is 0 Å². The number of rotatable bonds is 4. The van der Waals surface area contributed by atoms with Crippen molar-refractivity contribution >= 4 is 11.7 Å². The van der Waals surface area contributed by atoms with Crippen LogP contribution in [0.1, 0.15) is 41.2 Å². The molecule has 0 N–H and O–H groups in total. The number of carbonyl (C=O) groups is 2. The summed E-state index contributed by atoms with van der Waals surface area (Å²) in [5, 5.41) is 0. The molecule has 3 rings (SSSR count). The lowest BCUT2D eigenvalue weighted by atomic mass is 10.0. The summed E-state index contributed by atoms with van der Waals surface area (Å²) in [6.07, 6.45) is 4.33. The van der Waals surface area contributed by atoms with E-state index in [2.05, 4.69) is 0 Å². The fourth-order valence-corrected chi connectivity index (χ4v) is 3.23. The molecule has 1 amide bonds. The molecule has 0 radical (unpaired) electrons. The monoisotopic (exact) mass is 356 g/mol. The zero-order valence-corrected chi connectivity index (χ0v) is 14.7. The van der Waals surface area contributed by atoms with Crippen molar-refractivity contribution in [3.05, 3.63) is 69.9 Å². The molecule has 5 nitrogen and oxygen atoms in total. The Labute approximate surface area is 151 Å². The Morgan fingerprint density at radius 3 is 2.31 bits per heavy atom. The molecular weight excluding hydrogens is 335 g/mol. The number of piperidine rings is 1. The summed E-state index contributed by atoms with van der Waals surface area (Å²) in [4.78, 5) is 40.2. The number of aromatic nitrogens is 1. The van der Waals surface area contributed by atoms with Gasteiger partial charge in [-0.25, -0.2) is 4.39 Å². The van der Waals surface area contributed by atoms with E-state index < -0.39 is 23.2 Å². The highest BCUT2D eigenvalue weighted by atomic mass is 19.1.